The third-order valence-electron chi connectivity index (χ3n) is 3.22. The summed E-state index contributed by atoms with van der Waals surface area (Å²) in [6, 6.07) is 3.79. The fourth-order valence-electron chi connectivity index (χ4n) is 2.11. The zero-order chi connectivity index (χ0) is 15.7. The number of aryl methyl sites for hydroxylation is 1. The summed E-state index contributed by atoms with van der Waals surface area (Å²) in [6.45, 7) is 4.01. The Balaban J connectivity index is 1.85. The van der Waals surface area contributed by atoms with Crippen molar-refractivity contribution in [2.75, 3.05) is 5.32 Å². The molecule has 22 heavy (non-hydrogen) atoms. The quantitative estimate of drug-likeness (QED) is 0.803. The van der Waals surface area contributed by atoms with Crippen molar-refractivity contribution >= 4 is 11.6 Å². The van der Waals surface area contributed by atoms with Crippen LogP contribution >= 0.6 is 0 Å². The number of hydrogen-bond donors (Lipinski definition) is 1. The lowest BCUT2D eigenvalue weighted by molar-refractivity contribution is 0.102. The standard InChI is InChI=1S/C15H17N5O2/c1-10(2)20-8-11(7-16-20)15(21)17-12-9-19(3)18-14(12)13-5-4-6-22-13/h4-10H,1-3H3,(H,17,21). The molecule has 3 aromatic rings. The zero-order valence-corrected chi connectivity index (χ0v) is 12.6. The lowest BCUT2D eigenvalue weighted by atomic mass is 10.2. The Morgan fingerprint density at radius 1 is 1.36 bits per heavy atom. The Labute approximate surface area is 127 Å². The molecule has 0 saturated carbocycles. The van der Waals surface area contributed by atoms with Gasteiger partial charge in [-0.15, -0.1) is 0 Å². The highest BCUT2D eigenvalue weighted by Gasteiger charge is 2.17. The minimum Gasteiger partial charge on any atom is -0.463 e. The zero-order valence-electron chi connectivity index (χ0n) is 12.6. The van der Waals surface area contributed by atoms with E-state index in [0.29, 0.717) is 22.7 Å². The summed E-state index contributed by atoms with van der Waals surface area (Å²) in [5.74, 6) is 0.376. The molecule has 0 aliphatic rings. The lowest BCUT2D eigenvalue weighted by Crippen LogP contribution is -2.11. The molecule has 3 rings (SSSR count). The monoisotopic (exact) mass is 299 g/mol. The SMILES string of the molecule is CC(C)n1cc(C(=O)Nc2cn(C)nc2-c2ccco2)cn1. The molecule has 0 radical (unpaired) electrons. The molecule has 7 heteroatoms. The smallest absolute Gasteiger partial charge is 0.258 e. The van der Waals surface area contributed by atoms with Crippen LogP contribution in [0, 0.1) is 0 Å². The Kier molecular flexibility index (Phi) is 3.54. The average molecular weight is 299 g/mol. The second kappa shape index (κ2) is 5.51. The van der Waals surface area contributed by atoms with Gasteiger partial charge < -0.3 is 9.73 Å². The highest BCUT2D eigenvalue weighted by Crippen LogP contribution is 2.26. The summed E-state index contributed by atoms with van der Waals surface area (Å²) >= 11 is 0. The van der Waals surface area contributed by atoms with Crippen molar-refractivity contribution in [3.63, 3.8) is 0 Å². The van der Waals surface area contributed by atoms with Crippen LogP contribution in [-0.2, 0) is 7.05 Å². The van der Waals surface area contributed by atoms with Gasteiger partial charge in [0, 0.05) is 25.5 Å². The van der Waals surface area contributed by atoms with Crippen molar-refractivity contribution in [2.45, 2.75) is 19.9 Å². The Morgan fingerprint density at radius 3 is 2.82 bits per heavy atom. The number of carbonyl (C=O) groups is 1. The number of hydrogen-bond acceptors (Lipinski definition) is 4. The maximum absolute atomic E-state index is 12.3. The van der Waals surface area contributed by atoms with Crippen LogP contribution in [0.15, 0.2) is 41.4 Å². The van der Waals surface area contributed by atoms with Gasteiger partial charge in [0.05, 0.1) is 23.7 Å². The molecule has 1 N–H and O–H groups in total. The molecule has 7 nitrogen and oxygen atoms in total. The molecular formula is C15H17N5O2. The van der Waals surface area contributed by atoms with Crippen LogP contribution < -0.4 is 5.32 Å². The van der Waals surface area contributed by atoms with Crippen molar-refractivity contribution in [1.82, 2.24) is 19.6 Å². The van der Waals surface area contributed by atoms with E-state index in [0.717, 1.165) is 0 Å². The van der Waals surface area contributed by atoms with E-state index in [1.165, 1.54) is 0 Å². The van der Waals surface area contributed by atoms with E-state index in [1.807, 2.05) is 13.8 Å². The third-order valence-corrected chi connectivity index (χ3v) is 3.22. The van der Waals surface area contributed by atoms with Crippen LogP contribution in [0.25, 0.3) is 11.5 Å². The van der Waals surface area contributed by atoms with E-state index in [4.69, 9.17) is 4.42 Å². The highest BCUT2D eigenvalue weighted by atomic mass is 16.3. The summed E-state index contributed by atoms with van der Waals surface area (Å²) < 4.78 is 8.72. The normalized spacial score (nSPS) is 11.1. The highest BCUT2D eigenvalue weighted by molar-refractivity contribution is 6.05. The maximum atomic E-state index is 12.3. The van der Waals surface area contributed by atoms with Crippen LogP contribution in [0.1, 0.15) is 30.2 Å². The fraction of sp³-hybridized carbons (Fsp3) is 0.267. The van der Waals surface area contributed by atoms with Gasteiger partial charge in [0.2, 0.25) is 0 Å². The number of furan rings is 1. The van der Waals surface area contributed by atoms with Crippen molar-refractivity contribution < 1.29 is 9.21 Å². The largest absolute Gasteiger partial charge is 0.463 e. The van der Waals surface area contributed by atoms with Crippen molar-refractivity contribution in [3.05, 3.63) is 42.5 Å². The number of nitrogens with one attached hydrogen (secondary N) is 1. The maximum Gasteiger partial charge on any atom is 0.258 e. The first-order chi connectivity index (χ1) is 10.5. The number of aromatic nitrogens is 4. The molecule has 0 atom stereocenters. The summed E-state index contributed by atoms with van der Waals surface area (Å²) in [5.41, 5.74) is 1.69. The second-order valence-corrected chi connectivity index (χ2v) is 5.30. The first-order valence-corrected chi connectivity index (χ1v) is 6.97. The van der Waals surface area contributed by atoms with Gasteiger partial charge in [-0.2, -0.15) is 10.2 Å². The molecule has 0 unspecified atom stereocenters. The van der Waals surface area contributed by atoms with Gasteiger partial charge in [-0.1, -0.05) is 0 Å². The molecule has 0 aromatic carbocycles. The van der Waals surface area contributed by atoms with Gasteiger partial charge in [-0.3, -0.25) is 14.2 Å². The van der Waals surface area contributed by atoms with Gasteiger partial charge in [0.1, 0.15) is 0 Å². The summed E-state index contributed by atoms with van der Waals surface area (Å²) in [4.78, 5) is 12.3. The van der Waals surface area contributed by atoms with Crippen LogP contribution in [0.4, 0.5) is 5.69 Å². The third kappa shape index (κ3) is 2.65. The van der Waals surface area contributed by atoms with Gasteiger partial charge in [0.25, 0.3) is 5.91 Å². The van der Waals surface area contributed by atoms with Crippen LogP contribution in [0.5, 0.6) is 0 Å². The molecule has 3 aromatic heterocycles. The molecule has 3 heterocycles. The topological polar surface area (TPSA) is 77.9 Å². The minimum atomic E-state index is -0.229. The number of rotatable bonds is 4. The predicted molar refractivity (Wildman–Crippen MR) is 81.5 cm³/mol. The molecular weight excluding hydrogens is 282 g/mol. The Hall–Kier alpha value is -2.83. The van der Waals surface area contributed by atoms with E-state index in [2.05, 4.69) is 15.5 Å². The van der Waals surface area contributed by atoms with E-state index < -0.39 is 0 Å². The van der Waals surface area contributed by atoms with Gasteiger partial charge >= 0.3 is 0 Å². The molecule has 0 fully saturated rings. The first-order valence-electron chi connectivity index (χ1n) is 6.97. The molecule has 1 amide bonds. The molecule has 114 valence electrons. The van der Waals surface area contributed by atoms with Gasteiger partial charge in [-0.25, -0.2) is 0 Å². The predicted octanol–water partition coefficient (Wildman–Crippen LogP) is 2.71. The van der Waals surface area contributed by atoms with E-state index in [-0.39, 0.29) is 11.9 Å². The molecule has 0 aliphatic carbocycles. The second-order valence-electron chi connectivity index (χ2n) is 5.30. The van der Waals surface area contributed by atoms with E-state index in [9.17, 15) is 4.79 Å². The first kappa shape index (κ1) is 14.1. The summed E-state index contributed by atoms with van der Waals surface area (Å²) in [7, 11) is 1.79. The summed E-state index contributed by atoms with van der Waals surface area (Å²) in [5, 5.41) is 11.3. The number of nitrogens with zero attached hydrogens (tertiary/aromatic N) is 4. The minimum absolute atomic E-state index is 0.207. The molecule has 0 spiro atoms. The molecule has 0 saturated heterocycles. The van der Waals surface area contributed by atoms with E-state index >= 15 is 0 Å². The van der Waals surface area contributed by atoms with Crippen LogP contribution in [-0.4, -0.2) is 25.5 Å². The van der Waals surface area contributed by atoms with Crippen LogP contribution in [0.3, 0.4) is 0 Å². The van der Waals surface area contributed by atoms with Gasteiger partial charge in [0.15, 0.2) is 11.5 Å². The Bertz CT molecular complexity index is 783. The molecule has 0 bridgehead atoms. The van der Waals surface area contributed by atoms with Crippen molar-refractivity contribution in [1.29, 1.82) is 0 Å². The number of amides is 1. The van der Waals surface area contributed by atoms with E-state index in [1.54, 1.807) is 53.4 Å². The molecule has 0 aliphatic heterocycles. The van der Waals surface area contributed by atoms with Crippen LogP contribution in [0.2, 0.25) is 0 Å². The van der Waals surface area contributed by atoms with Gasteiger partial charge in [-0.05, 0) is 26.0 Å². The number of anilines is 1. The lowest BCUT2D eigenvalue weighted by Gasteiger charge is -2.04. The van der Waals surface area contributed by atoms with Crippen molar-refractivity contribution in [2.24, 2.45) is 7.05 Å². The summed E-state index contributed by atoms with van der Waals surface area (Å²) in [6.07, 6.45) is 6.59. The van der Waals surface area contributed by atoms with Crippen molar-refractivity contribution in [3.8, 4) is 11.5 Å². The average Bonchev–Trinajstić information content (AvgIpc) is 3.18. The fourth-order valence-corrected chi connectivity index (χ4v) is 2.11. The number of carbonyl (C=O) groups excluding carboxylic acids is 1. The Morgan fingerprint density at radius 2 is 2.18 bits per heavy atom.